The molecule has 21 heavy (non-hydrogen) atoms. The van der Waals surface area contributed by atoms with Gasteiger partial charge >= 0.3 is 0 Å². The quantitative estimate of drug-likeness (QED) is 0.665. The highest BCUT2D eigenvalue weighted by Gasteiger charge is 2.27. The molecule has 1 heterocycles. The number of carbonyl (C=O) groups is 1. The zero-order valence-corrected chi connectivity index (χ0v) is 13.6. The maximum absolute atomic E-state index is 12.0. The highest BCUT2D eigenvalue weighted by molar-refractivity contribution is 6.34. The van der Waals surface area contributed by atoms with E-state index >= 15 is 0 Å². The summed E-state index contributed by atoms with van der Waals surface area (Å²) in [7, 11) is 1.83. The molecule has 1 aromatic carbocycles. The molecule has 0 saturated carbocycles. The number of halogens is 2. The highest BCUT2D eigenvalue weighted by atomic mass is 35.5. The van der Waals surface area contributed by atoms with Gasteiger partial charge in [-0.3, -0.25) is 4.79 Å². The molecule has 1 saturated heterocycles. The van der Waals surface area contributed by atoms with E-state index in [1.165, 1.54) is 0 Å². The van der Waals surface area contributed by atoms with Gasteiger partial charge in [-0.05, 0) is 30.8 Å². The summed E-state index contributed by atoms with van der Waals surface area (Å²) in [6.07, 6.45) is 0.619. The fourth-order valence-electron chi connectivity index (χ4n) is 2.36. The van der Waals surface area contributed by atoms with Crippen molar-refractivity contribution < 1.29 is 4.79 Å². The van der Waals surface area contributed by atoms with Crippen LogP contribution in [-0.2, 0) is 4.79 Å². The minimum absolute atomic E-state index is 0.0217. The van der Waals surface area contributed by atoms with Crippen LogP contribution >= 0.6 is 23.2 Å². The van der Waals surface area contributed by atoms with Gasteiger partial charge in [0.25, 0.3) is 0 Å². The molecule has 0 radical (unpaired) electrons. The van der Waals surface area contributed by atoms with E-state index in [0.717, 1.165) is 12.0 Å². The van der Waals surface area contributed by atoms with Crippen LogP contribution in [0, 0.1) is 5.92 Å². The fourth-order valence-corrected chi connectivity index (χ4v) is 2.90. The van der Waals surface area contributed by atoms with Gasteiger partial charge in [0, 0.05) is 35.0 Å². The van der Waals surface area contributed by atoms with Crippen LogP contribution in [0.3, 0.4) is 0 Å². The second kappa shape index (κ2) is 7.42. The summed E-state index contributed by atoms with van der Waals surface area (Å²) < 4.78 is 0. The van der Waals surface area contributed by atoms with E-state index < -0.39 is 0 Å². The van der Waals surface area contributed by atoms with Crippen LogP contribution in [0.4, 0.5) is 0 Å². The van der Waals surface area contributed by atoms with E-state index in [4.69, 9.17) is 23.2 Å². The summed E-state index contributed by atoms with van der Waals surface area (Å²) in [4.78, 5) is 12.0. The van der Waals surface area contributed by atoms with Gasteiger partial charge in [-0.1, -0.05) is 30.1 Å². The summed E-state index contributed by atoms with van der Waals surface area (Å²) in [6, 6.07) is 5.51. The van der Waals surface area contributed by atoms with Gasteiger partial charge in [0.1, 0.15) is 0 Å². The summed E-state index contributed by atoms with van der Waals surface area (Å²) >= 11 is 12.0. The molecule has 1 aliphatic rings. The lowest BCUT2D eigenvalue weighted by atomic mass is 10.0. The molecule has 1 aliphatic heterocycles. The third-order valence-electron chi connectivity index (χ3n) is 3.46. The van der Waals surface area contributed by atoms with Gasteiger partial charge in [0.2, 0.25) is 5.91 Å². The molecule has 1 aromatic rings. The number of hydrogen-bond donors (Lipinski definition) is 4. The first-order valence-corrected chi connectivity index (χ1v) is 7.67. The van der Waals surface area contributed by atoms with Gasteiger partial charge < -0.3 is 10.6 Å². The number of benzene rings is 1. The van der Waals surface area contributed by atoms with Crippen molar-refractivity contribution in [3.05, 3.63) is 33.8 Å². The molecule has 1 amide bonds. The van der Waals surface area contributed by atoms with Crippen LogP contribution in [0.15, 0.2) is 18.2 Å². The molecule has 0 aromatic heterocycles. The molecule has 3 unspecified atom stereocenters. The minimum atomic E-state index is -0.112. The highest BCUT2D eigenvalue weighted by Crippen LogP contribution is 2.27. The number of rotatable bonds is 5. The van der Waals surface area contributed by atoms with Gasteiger partial charge in [0.15, 0.2) is 0 Å². The van der Waals surface area contributed by atoms with Crippen LogP contribution in [0.2, 0.25) is 10.0 Å². The van der Waals surface area contributed by atoms with E-state index in [1.54, 1.807) is 6.07 Å². The Hall–Kier alpha value is -0.850. The zero-order chi connectivity index (χ0) is 15.4. The molecule has 0 spiro atoms. The van der Waals surface area contributed by atoms with E-state index in [0.29, 0.717) is 16.6 Å². The monoisotopic (exact) mass is 330 g/mol. The second-order valence-electron chi connectivity index (χ2n) is 5.30. The Labute approximate surface area is 134 Å². The Morgan fingerprint density at radius 3 is 2.62 bits per heavy atom. The lowest BCUT2D eigenvalue weighted by Crippen LogP contribution is -2.47. The van der Waals surface area contributed by atoms with Gasteiger partial charge in [-0.15, -0.1) is 0 Å². The van der Waals surface area contributed by atoms with Crippen molar-refractivity contribution >= 4 is 29.1 Å². The number of carbonyl (C=O) groups excluding carboxylic acids is 1. The van der Waals surface area contributed by atoms with Crippen molar-refractivity contribution in [3.63, 3.8) is 0 Å². The minimum Gasteiger partial charge on any atom is -0.339 e. The molecule has 4 N–H and O–H groups in total. The van der Waals surface area contributed by atoms with Crippen LogP contribution in [0.1, 0.15) is 24.9 Å². The molecule has 0 bridgehead atoms. The first-order valence-electron chi connectivity index (χ1n) is 6.91. The Balaban J connectivity index is 1.93. The predicted octanol–water partition coefficient (Wildman–Crippen LogP) is 1.83. The van der Waals surface area contributed by atoms with E-state index in [2.05, 4.69) is 21.5 Å². The van der Waals surface area contributed by atoms with Gasteiger partial charge in [0.05, 0.1) is 6.17 Å². The standard InChI is InChI=1S/C14H20Cl2N4O/c1-8(7-17-2)14(21)18-13-6-12(19-20-13)9-3-10(15)5-11(16)4-9/h3-5,8,12-13,17,19-20H,6-7H2,1-2H3,(H,18,21). The molecule has 3 atom stereocenters. The topological polar surface area (TPSA) is 65.2 Å². The average Bonchev–Trinajstić information content (AvgIpc) is 2.86. The smallest absolute Gasteiger partial charge is 0.225 e. The predicted molar refractivity (Wildman–Crippen MR) is 85.1 cm³/mol. The first-order chi connectivity index (χ1) is 9.99. The number of hydrogen-bond acceptors (Lipinski definition) is 4. The SMILES string of the molecule is CNCC(C)C(=O)NC1CC(c2cc(Cl)cc(Cl)c2)NN1. The van der Waals surface area contributed by atoms with Gasteiger partial charge in [-0.2, -0.15) is 0 Å². The number of nitrogens with one attached hydrogen (secondary N) is 4. The van der Waals surface area contributed by atoms with Gasteiger partial charge in [-0.25, -0.2) is 10.9 Å². The first kappa shape index (κ1) is 16.5. The Morgan fingerprint density at radius 1 is 1.33 bits per heavy atom. The molecular weight excluding hydrogens is 311 g/mol. The number of hydrazine groups is 1. The van der Waals surface area contributed by atoms with Crippen molar-refractivity contribution in [2.75, 3.05) is 13.6 Å². The zero-order valence-electron chi connectivity index (χ0n) is 12.0. The van der Waals surface area contributed by atoms with E-state index in [1.807, 2.05) is 26.1 Å². The third-order valence-corrected chi connectivity index (χ3v) is 3.90. The van der Waals surface area contributed by atoms with Crippen molar-refractivity contribution in [2.45, 2.75) is 25.6 Å². The number of amides is 1. The molecule has 2 rings (SSSR count). The molecule has 5 nitrogen and oxygen atoms in total. The molecule has 1 fully saturated rings. The lowest BCUT2D eigenvalue weighted by Gasteiger charge is -2.16. The maximum Gasteiger partial charge on any atom is 0.225 e. The Kier molecular flexibility index (Phi) is 5.84. The average molecular weight is 331 g/mol. The fraction of sp³-hybridized carbons (Fsp3) is 0.500. The van der Waals surface area contributed by atoms with Crippen molar-refractivity contribution in [3.8, 4) is 0 Å². The maximum atomic E-state index is 12.0. The Bertz CT molecular complexity index is 491. The Morgan fingerprint density at radius 2 is 2.00 bits per heavy atom. The molecular formula is C14H20Cl2N4O. The normalized spacial score (nSPS) is 23.0. The van der Waals surface area contributed by atoms with E-state index in [-0.39, 0.29) is 24.0 Å². The summed E-state index contributed by atoms with van der Waals surface area (Å²) in [5, 5.41) is 7.18. The van der Waals surface area contributed by atoms with E-state index in [9.17, 15) is 4.79 Å². The lowest BCUT2D eigenvalue weighted by molar-refractivity contribution is -0.125. The largest absolute Gasteiger partial charge is 0.339 e. The summed E-state index contributed by atoms with van der Waals surface area (Å²) in [6.45, 7) is 2.54. The second-order valence-corrected chi connectivity index (χ2v) is 6.17. The van der Waals surface area contributed by atoms with Crippen LogP contribution in [0.5, 0.6) is 0 Å². The van der Waals surface area contributed by atoms with Crippen LogP contribution in [-0.4, -0.2) is 25.7 Å². The summed E-state index contributed by atoms with van der Waals surface area (Å²) in [5.41, 5.74) is 7.24. The van der Waals surface area contributed by atoms with Crippen LogP contribution in [0.25, 0.3) is 0 Å². The summed E-state index contributed by atoms with van der Waals surface area (Å²) in [5.74, 6) is -0.0510. The molecule has 116 valence electrons. The van der Waals surface area contributed by atoms with Crippen molar-refractivity contribution in [1.29, 1.82) is 0 Å². The van der Waals surface area contributed by atoms with Crippen molar-refractivity contribution in [2.24, 2.45) is 5.92 Å². The molecule has 7 heteroatoms. The van der Waals surface area contributed by atoms with Crippen LogP contribution < -0.4 is 21.5 Å². The van der Waals surface area contributed by atoms with Crippen molar-refractivity contribution in [1.82, 2.24) is 21.5 Å². The third kappa shape index (κ3) is 4.56. The molecule has 0 aliphatic carbocycles.